The van der Waals surface area contributed by atoms with Crippen LogP contribution in [0.2, 0.25) is 0 Å². The lowest BCUT2D eigenvalue weighted by Gasteiger charge is -2.13. The van der Waals surface area contributed by atoms with Crippen molar-refractivity contribution in [3.05, 3.63) is 39.5 Å². The van der Waals surface area contributed by atoms with Crippen LogP contribution >= 0.6 is 38.6 Å². The maximum atomic E-state index is 4.72. The first-order chi connectivity index (χ1) is 11.8. The van der Waals surface area contributed by atoms with Crippen molar-refractivity contribution < 1.29 is 0 Å². The summed E-state index contributed by atoms with van der Waals surface area (Å²) in [6, 6.07) is 8.17. The van der Waals surface area contributed by atoms with Crippen LogP contribution in [0.15, 0.2) is 44.5 Å². The lowest BCUT2D eigenvalue weighted by molar-refractivity contribution is 0.740. The highest BCUT2D eigenvalue weighted by Gasteiger charge is 2.12. The summed E-state index contributed by atoms with van der Waals surface area (Å²) < 4.78 is 1.05. The van der Waals surface area contributed by atoms with Crippen molar-refractivity contribution in [2.75, 3.05) is 18.4 Å². The summed E-state index contributed by atoms with van der Waals surface area (Å²) in [7, 11) is 0. The molecular formula is C16H14BrN5S2. The number of aliphatic imine (C=N–C) groups is 1. The molecule has 1 aliphatic heterocycles. The number of aromatic nitrogens is 2. The fourth-order valence-electron chi connectivity index (χ4n) is 2.31. The molecule has 4 rings (SSSR count). The Bertz CT molecular complexity index is 886. The van der Waals surface area contributed by atoms with Crippen molar-refractivity contribution in [3.8, 4) is 22.0 Å². The smallest absolute Gasteiger partial charge is 0.197 e. The molecule has 1 aromatic carbocycles. The zero-order chi connectivity index (χ0) is 16.4. The van der Waals surface area contributed by atoms with Crippen molar-refractivity contribution in [2.45, 2.75) is 6.42 Å². The molecule has 0 fully saturated rings. The summed E-state index contributed by atoms with van der Waals surface area (Å²) in [6.45, 7) is 1.81. The van der Waals surface area contributed by atoms with Crippen molar-refractivity contribution in [1.29, 1.82) is 0 Å². The molecule has 0 aliphatic carbocycles. The molecule has 0 atom stereocenters. The molecule has 5 nitrogen and oxygen atoms in total. The summed E-state index contributed by atoms with van der Waals surface area (Å²) in [5.41, 5.74) is 2.89. The van der Waals surface area contributed by atoms with Crippen molar-refractivity contribution in [3.63, 3.8) is 0 Å². The molecule has 0 saturated carbocycles. The molecule has 3 heterocycles. The Hall–Kier alpha value is -1.77. The Kier molecular flexibility index (Phi) is 4.59. The highest BCUT2D eigenvalue weighted by Crippen LogP contribution is 2.31. The molecule has 0 amide bonds. The van der Waals surface area contributed by atoms with Gasteiger partial charge in [-0.1, -0.05) is 28.1 Å². The van der Waals surface area contributed by atoms with E-state index in [9.17, 15) is 0 Å². The van der Waals surface area contributed by atoms with Crippen LogP contribution in [0, 0.1) is 0 Å². The lowest BCUT2D eigenvalue weighted by atomic mass is 10.2. The maximum Gasteiger partial charge on any atom is 0.197 e. The largest absolute Gasteiger partial charge is 0.356 e. The van der Waals surface area contributed by atoms with Gasteiger partial charge in [0.1, 0.15) is 16.4 Å². The second-order valence-electron chi connectivity index (χ2n) is 5.22. The van der Waals surface area contributed by atoms with E-state index in [2.05, 4.69) is 48.7 Å². The third-order valence-electron chi connectivity index (χ3n) is 3.46. The topological polar surface area (TPSA) is 62.2 Å². The predicted molar refractivity (Wildman–Crippen MR) is 105 cm³/mol. The highest BCUT2D eigenvalue weighted by molar-refractivity contribution is 9.10. The van der Waals surface area contributed by atoms with Crippen LogP contribution in [-0.2, 0) is 0 Å². The minimum absolute atomic E-state index is 0.801. The monoisotopic (exact) mass is 419 g/mol. The average Bonchev–Trinajstić information content (AvgIpc) is 3.25. The van der Waals surface area contributed by atoms with Crippen LogP contribution in [0.5, 0.6) is 0 Å². The SMILES string of the molecule is Brc1cccc(-c2nc(-c3csc(NC4=NCCCN4)n3)cs2)c1. The molecule has 3 aromatic rings. The van der Waals surface area contributed by atoms with Gasteiger partial charge in [0.2, 0.25) is 0 Å². The van der Waals surface area contributed by atoms with Gasteiger partial charge in [-0.05, 0) is 18.6 Å². The summed E-state index contributed by atoms with van der Waals surface area (Å²) in [5.74, 6) is 0.801. The first kappa shape index (κ1) is 15.7. The number of nitrogens with zero attached hydrogens (tertiary/aromatic N) is 3. The van der Waals surface area contributed by atoms with Gasteiger partial charge in [-0.3, -0.25) is 4.99 Å². The van der Waals surface area contributed by atoms with E-state index in [0.717, 1.165) is 57.0 Å². The summed E-state index contributed by atoms with van der Waals surface area (Å²) in [6.07, 6.45) is 1.07. The van der Waals surface area contributed by atoms with E-state index in [4.69, 9.17) is 4.98 Å². The van der Waals surface area contributed by atoms with E-state index in [0.29, 0.717) is 0 Å². The number of thiazole rings is 2. The lowest BCUT2D eigenvalue weighted by Crippen LogP contribution is -2.35. The molecule has 0 radical (unpaired) electrons. The van der Waals surface area contributed by atoms with E-state index >= 15 is 0 Å². The number of hydrogen-bond donors (Lipinski definition) is 2. The van der Waals surface area contributed by atoms with Crippen LogP contribution in [-0.4, -0.2) is 29.0 Å². The first-order valence-electron chi connectivity index (χ1n) is 7.51. The number of benzene rings is 1. The molecule has 2 N–H and O–H groups in total. The van der Waals surface area contributed by atoms with Gasteiger partial charge >= 0.3 is 0 Å². The van der Waals surface area contributed by atoms with Gasteiger partial charge in [0.15, 0.2) is 11.1 Å². The van der Waals surface area contributed by atoms with E-state index in [1.807, 2.05) is 22.9 Å². The van der Waals surface area contributed by atoms with Crippen molar-refractivity contribution in [2.24, 2.45) is 4.99 Å². The zero-order valence-electron chi connectivity index (χ0n) is 12.6. The van der Waals surface area contributed by atoms with Gasteiger partial charge < -0.3 is 10.6 Å². The number of guanidine groups is 1. The van der Waals surface area contributed by atoms with E-state index in [1.165, 1.54) is 0 Å². The Balaban J connectivity index is 1.53. The fraction of sp³-hybridized carbons (Fsp3) is 0.188. The van der Waals surface area contributed by atoms with Gasteiger partial charge in [0, 0.05) is 33.9 Å². The molecule has 24 heavy (non-hydrogen) atoms. The third-order valence-corrected chi connectivity index (χ3v) is 5.61. The third kappa shape index (κ3) is 3.50. The van der Waals surface area contributed by atoms with E-state index < -0.39 is 0 Å². The molecule has 0 unspecified atom stereocenters. The van der Waals surface area contributed by atoms with Crippen molar-refractivity contribution >= 4 is 49.7 Å². The molecule has 0 spiro atoms. The summed E-state index contributed by atoms with van der Waals surface area (Å²) in [4.78, 5) is 13.7. The van der Waals surface area contributed by atoms with E-state index in [1.54, 1.807) is 22.7 Å². The Labute approximate surface area is 156 Å². The first-order valence-corrected chi connectivity index (χ1v) is 10.1. The van der Waals surface area contributed by atoms with E-state index in [-0.39, 0.29) is 0 Å². The molecule has 0 saturated heterocycles. The van der Waals surface area contributed by atoms with Crippen LogP contribution in [0.4, 0.5) is 5.13 Å². The normalized spacial score (nSPS) is 14.1. The number of nitrogens with one attached hydrogen (secondary N) is 2. The number of hydrogen-bond acceptors (Lipinski definition) is 7. The van der Waals surface area contributed by atoms with Crippen LogP contribution in [0.1, 0.15) is 6.42 Å². The highest BCUT2D eigenvalue weighted by atomic mass is 79.9. The molecule has 1 aliphatic rings. The van der Waals surface area contributed by atoms with Crippen molar-refractivity contribution in [1.82, 2.24) is 15.3 Å². The average molecular weight is 420 g/mol. The van der Waals surface area contributed by atoms with Gasteiger partial charge in [-0.15, -0.1) is 22.7 Å². The minimum Gasteiger partial charge on any atom is -0.356 e. The maximum absolute atomic E-state index is 4.72. The molecule has 0 bridgehead atoms. The van der Waals surface area contributed by atoms with Gasteiger partial charge in [-0.25, -0.2) is 9.97 Å². The fourth-order valence-corrected chi connectivity index (χ4v) is 4.23. The molecular weight excluding hydrogens is 406 g/mol. The zero-order valence-corrected chi connectivity index (χ0v) is 15.8. The Morgan fingerprint density at radius 2 is 2.00 bits per heavy atom. The molecule has 8 heteroatoms. The van der Waals surface area contributed by atoms with Gasteiger partial charge in [0.25, 0.3) is 0 Å². The van der Waals surface area contributed by atoms with Crippen LogP contribution < -0.4 is 10.6 Å². The summed E-state index contributed by atoms with van der Waals surface area (Å²) in [5, 5.41) is 12.4. The number of halogens is 1. The second kappa shape index (κ2) is 7.00. The Morgan fingerprint density at radius 3 is 2.83 bits per heavy atom. The van der Waals surface area contributed by atoms with Gasteiger partial charge in [-0.2, -0.15) is 0 Å². The number of anilines is 1. The van der Waals surface area contributed by atoms with Crippen LogP contribution in [0.3, 0.4) is 0 Å². The van der Waals surface area contributed by atoms with Crippen LogP contribution in [0.25, 0.3) is 22.0 Å². The Morgan fingerprint density at radius 1 is 1.12 bits per heavy atom. The molecule has 2 aromatic heterocycles. The minimum atomic E-state index is 0.801. The predicted octanol–water partition coefficient (Wildman–Crippen LogP) is 4.46. The molecule has 122 valence electrons. The van der Waals surface area contributed by atoms with Gasteiger partial charge in [0.05, 0.1) is 0 Å². The number of rotatable bonds is 3. The quantitative estimate of drug-likeness (QED) is 0.657. The summed E-state index contributed by atoms with van der Waals surface area (Å²) >= 11 is 6.69. The second-order valence-corrected chi connectivity index (χ2v) is 7.85. The standard InChI is InChI=1S/C16H14BrN5S2/c17-11-4-1-3-10(7-11)14-20-12(8-23-14)13-9-24-16(21-13)22-15-18-5-2-6-19-15/h1,3-4,7-9H,2,5-6H2,(H2,18,19,21,22).